The van der Waals surface area contributed by atoms with Crippen molar-refractivity contribution in [2.24, 2.45) is 0 Å². The van der Waals surface area contributed by atoms with Gasteiger partial charge in [-0.05, 0) is 68.7 Å². The Morgan fingerprint density at radius 3 is 2.46 bits per heavy atom. The lowest BCUT2D eigenvalue weighted by Gasteiger charge is -2.36. The topological polar surface area (TPSA) is 168 Å². The summed E-state index contributed by atoms with van der Waals surface area (Å²) in [7, 11) is 0. The number of nitrogens with zero attached hydrogens (tertiary/aromatic N) is 2. The summed E-state index contributed by atoms with van der Waals surface area (Å²) in [5, 5.41) is 2.72. The number of nitrogens with one attached hydrogen (secondary N) is 1. The number of carbonyl (C=O) groups excluding carboxylic acids is 2. The van der Waals surface area contributed by atoms with E-state index in [0.29, 0.717) is 28.4 Å². The molecular weight excluding hydrogens is 448 g/mol. The lowest BCUT2D eigenvalue weighted by atomic mass is 9.86. The molecule has 0 spiro atoms. The molecule has 2 heterocycles. The maximum Gasteiger partial charge on any atom is 0.260 e. The first-order valence-electron chi connectivity index (χ1n) is 11.0. The van der Waals surface area contributed by atoms with Gasteiger partial charge in [0, 0.05) is 17.6 Å². The third-order valence-electron chi connectivity index (χ3n) is 6.21. The van der Waals surface area contributed by atoms with Gasteiger partial charge in [0.05, 0.1) is 12.0 Å². The maximum atomic E-state index is 13.0. The maximum absolute atomic E-state index is 13.0. The van der Waals surface area contributed by atoms with Crippen LogP contribution in [-0.2, 0) is 0 Å². The number of fused-ring (bicyclic) bond motifs is 1. The Morgan fingerprint density at radius 1 is 1.11 bits per heavy atom. The molecule has 10 heteroatoms. The lowest BCUT2D eigenvalue weighted by molar-refractivity contribution is 0.0183. The molecule has 4 rings (SSSR count). The molecule has 1 aromatic heterocycles. The molecule has 1 atom stereocenters. The predicted molar refractivity (Wildman–Crippen MR) is 134 cm³/mol. The van der Waals surface area contributed by atoms with Gasteiger partial charge >= 0.3 is 0 Å². The van der Waals surface area contributed by atoms with Crippen LogP contribution in [0.1, 0.15) is 50.8 Å². The Morgan fingerprint density at radius 2 is 1.80 bits per heavy atom. The Balaban J connectivity index is 1.44. The molecule has 182 valence electrons. The minimum absolute atomic E-state index is 0.00453. The van der Waals surface area contributed by atoms with E-state index in [4.69, 9.17) is 26.7 Å². The predicted octanol–water partition coefficient (Wildman–Crippen LogP) is 3.20. The first-order chi connectivity index (χ1) is 16.5. The first kappa shape index (κ1) is 23.8. The van der Waals surface area contributed by atoms with Gasteiger partial charge in [0.1, 0.15) is 35.1 Å². The minimum Gasteiger partial charge on any atom is -0.489 e. The third-order valence-corrected chi connectivity index (χ3v) is 6.21. The lowest BCUT2D eigenvalue weighted by Crippen LogP contribution is -2.45. The highest BCUT2D eigenvalue weighted by Crippen LogP contribution is 2.42. The van der Waals surface area contributed by atoms with E-state index in [-0.39, 0.29) is 36.1 Å². The van der Waals surface area contributed by atoms with Gasteiger partial charge in [0.15, 0.2) is 5.78 Å². The molecule has 2 aromatic carbocycles. The van der Waals surface area contributed by atoms with Gasteiger partial charge in [-0.2, -0.15) is 4.98 Å². The number of ketones is 1. The highest BCUT2D eigenvalue weighted by Gasteiger charge is 2.40. The van der Waals surface area contributed by atoms with E-state index < -0.39 is 11.5 Å². The van der Waals surface area contributed by atoms with Crippen LogP contribution in [0.5, 0.6) is 11.5 Å². The number of ether oxygens (including phenoxy) is 2. The second kappa shape index (κ2) is 8.79. The molecule has 1 unspecified atom stereocenters. The Bertz CT molecular complexity index is 1340. The zero-order chi connectivity index (χ0) is 25.5. The third kappa shape index (κ3) is 4.54. The average Bonchev–Trinajstić information content (AvgIpc) is 2.80. The van der Waals surface area contributed by atoms with Crippen LogP contribution in [0.25, 0.3) is 0 Å². The minimum atomic E-state index is -0.844. The fourth-order valence-electron chi connectivity index (χ4n) is 4.05. The molecule has 3 aromatic rings. The van der Waals surface area contributed by atoms with Crippen molar-refractivity contribution in [3.8, 4) is 11.5 Å². The van der Waals surface area contributed by atoms with Crippen molar-refractivity contribution in [3.05, 3.63) is 58.3 Å². The van der Waals surface area contributed by atoms with Gasteiger partial charge in [0.25, 0.3) is 5.91 Å². The number of Topliss-reactive ketones (excluding diaryl/α,β-unsaturated/α-hetero) is 1. The van der Waals surface area contributed by atoms with E-state index in [9.17, 15) is 9.59 Å². The van der Waals surface area contributed by atoms with Gasteiger partial charge in [0.2, 0.25) is 5.95 Å². The average molecular weight is 477 g/mol. The van der Waals surface area contributed by atoms with Crippen LogP contribution in [0.15, 0.2) is 30.5 Å². The number of hydrogen-bond acceptors (Lipinski definition) is 9. The molecule has 0 saturated heterocycles. The molecule has 0 aliphatic carbocycles. The summed E-state index contributed by atoms with van der Waals surface area (Å²) in [6.45, 7) is 7.67. The smallest absolute Gasteiger partial charge is 0.260 e. The van der Waals surface area contributed by atoms with Crippen LogP contribution in [0.2, 0.25) is 0 Å². The second-order valence-electron chi connectivity index (χ2n) is 8.94. The number of rotatable bonds is 5. The van der Waals surface area contributed by atoms with E-state index in [2.05, 4.69) is 15.3 Å². The van der Waals surface area contributed by atoms with Crippen LogP contribution in [0, 0.1) is 20.8 Å². The molecule has 1 aliphatic rings. The Hall–Kier alpha value is -4.34. The number of hydrogen-bond donors (Lipinski definition) is 4. The summed E-state index contributed by atoms with van der Waals surface area (Å²) in [5.41, 5.74) is 20.9. The van der Waals surface area contributed by atoms with E-state index in [1.54, 1.807) is 24.3 Å². The van der Waals surface area contributed by atoms with E-state index in [1.165, 1.54) is 6.20 Å². The highest BCUT2D eigenvalue weighted by molar-refractivity contribution is 6.07. The monoisotopic (exact) mass is 476 g/mol. The van der Waals surface area contributed by atoms with E-state index in [0.717, 1.165) is 16.7 Å². The Labute approximate surface area is 202 Å². The van der Waals surface area contributed by atoms with E-state index in [1.807, 2.05) is 27.7 Å². The van der Waals surface area contributed by atoms with E-state index >= 15 is 0 Å². The Kier molecular flexibility index (Phi) is 5.98. The molecular formula is C25H28N6O4. The van der Waals surface area contributed by atoms with Crippen molar-refractivity contribution in [1.82, 2.24) is 9.97 Å². The van der Waals surface area contributed by atoms with Crippen molar-refractivity contribution in [3.63, 3.8) is 0 Å². The van der Waals surface area contributed by atoms with Crippen LogP contribution in [0.4, 0.5) is 23.1 Å². The first-order valence-corrected chi connectivity index (χ1v) is 11.0. The number of nitrogen functional groups attached to an aromatic ring is 3. The molecule has 1 aliphatic heterocycles. The van der Waals surface area contributed by atoms with Crippen molar-refractivity contribution in [2.75, 3.05) is 29.1 Å². The van der Waals surface area contributed by atoms with Crippen molar-refractivity contribution >= 4 is 34.8 Å². The number of benzene rings is 2. The standard InChI is InChI=1S/C25H28N6O4/c1-12-13(2)21-19(14(3)20(12)26)18(32)9-25(4,35-21)11-34-16-7-5-15(6-8-16)30-23(33)17-10-29-24(28)31-22(17)27/h5-8,10H,9,11,26H2,1-4H3,(H,30,33)(H4,27,28,29,31). The van der Waals surface area contributed by atoms with Gasteiger partial charge in [-0.25, -0.2) is 4.98 Å². The fourth-order valence-corrected chi connectivity index (χ4v) is 4.05. The number of aromatic nitrogens is 2. The number of nitrogens with two attached hydrogens (primary N) is 3. The SMILES string of the molecule is Cc1c(C)c2c(c(C)c1N)C(=O)CC(C)(COc1ccc(NC(=O)c3cnc(N)nc3N)cc1)O2. The number of carbonyl (C=O) groups is 2. The summed E-state index contributed by atoms with van der Waals surface area (Å²) in [5.74, 6) is 0.635. The molecule has 0 radical (unpaired) electrons. The molecule has 35 heavy (non-hydrogen) atoms. The van der Waals surface area contributed by atoms with Crippen LogP contribution < -0.4 is 32.0 Å². The molecule has 1 amide bonds. The highest BCUT2D eigenvalue weighted by atomic mass is 16.5. The summed E-state index contributed by atoms with van der Waals surface area (Å²) >= 11 is 0. The molecule has 7 N–H and O–H groups in total. The van der Waals surface area contributed by atoms with Gasteiger partial charge in [-0.3, -0.25) is 9.59 Å². The zero-order valence-electron chi connectivity index (χ0n) is 20.1. The van der Waals surface area contributed by atoms with Gasteiger partial charge in [-0.15, -0.1) is 0 Å². The number of amides is 1. The fraction of sp³-hybridized carbons (Fsp3) is 0.280. The normalized spacial score (nSPS) is 16.9. The molecule has 0 saturated carbocycles. The molecule has 0 bridgehead atoms. The zero-order valence-corrected chi connectivity index (χ0v) is 20.1. The van der Waals surface area contributed by atoms with Gasteiger partial charge < -0.3 is 32.0 Å². The number of anilines is 4. The van der Waals surface area contributed by atoms with Crippen LogP contribution >= 0.6 is 0 Å². The molecule has 0 fully saturated rings. The summed E-state index contributed by atoms with van der Waals surface area (Å²) < 4.78 is 12.3. The van der Waals surface area contributed by atoms with Crippen LogP contribution in [0.3, 0.4) is 0 Å². The largest absolute Gasteiger partial charge is 0.489 e. The summed E-state index contributed by atoms with van der Waals surface area (Å²) in [6, 6.07) is 6.79. The quantitative estimate of drug-likeness (QED) is 0.404. The molecule has 10 nitrogen and oxygen atoms in total. The van der Waals surface area contributed by atoms with Crippen LogP contribution in [-0.4, -0.2) is 33.9 Å². The summed E-state index contributed by atoms with van der Waals surface area (Å²) in [6.07, 6.45) is 1.44. The summed E-state index contributed by atoms with van der Waals surface area (Å²) in [4.78, 5) is 33.0. The van der Waals surface area contributed by atoms with Gasteiger partial charge in [-0.1, -0.05) is 0 Å². The second-order valence-corrected chi connectivity index (χ2v) is 8.94. The van der Waals surface area contributed by atoms with Crippen molar-refractivity contribution < 1.29 is 19.1 Å². The van der Waals surface area contributed by atoms with Crippen molar-refractivity contribution in [2.45, 2.75) is 39.7 Å². The van der Waals surface area contributed by atoms with Crippen molar-refractivity contribution in [1.29, 1.82) is 0 Å².